The zero-order valence-corrected chi connectivity index (χ0v) is 15.0. The Morgan fingerprint density at radius 1 is 1.38 bits per heavy atom. The Morgan fingerprint density at radius 3 is 3.08 bits per heavy atom. The molecular formula is C18H18N4O3S. The summed E-state index contributed by atoms with van der Waals surface area (Å²) < 4.78 is 11.3. The second-order valence-electron chi connectivity index (χ2n) is 5.94. The number of carbonyl (C=O) groups is 1. The largest absolute Gasteiger partial charge is 0.484 e. The van der Waals surface area contributed by atoms with Crippen LogP contribution in [0.4, 0.5) is 5.13 Å². The van der Waals surface area contributed by atoms with Crippen molar-refractivity contribution in [3.8, 4) is 5.75 Å². The molecule has 3 heterocycles. The number of aromatic amines is 1. The molecule has 2 aromatic heterocycles. The number of ether oxygens (including phenoxy) is 2. The first-order valence-electron chi connectivity index (χ1n) is 8.33. The molecule has 1 aliphatic rings. The van der Waals surface area contributed by atoms with E-state index >= 15 is 0 Å². The fourth-order valence-corrected chi connectivity index (χ4v) is 3.54. The number of carbonyl (C=O) groups excluding carboxylic acids is 1. The lowest BCUT2D eigenvalue weighted by molar-refractivity contribution is 0.0985. The van der Waals surface area contributed by atoms with Crippen LogP contribution in [0.2, 0.25) is 0 Å². The van der Waals surface area contributed by atoms with E-state index in [1.165, 1.54) is 11.3 Å². The number of benzene rings is 1. The highest BCUT2D eigenvalue weighted by atomic mass is 32.1. The Hall–Kier alpha value is -2.71. The van der Waals surface area contributed by atoms with E-state index in [1.807, 2.05) is 42.6 Å². The Bertz CT molecular complexity index is 906. The van der Waals surface area contributed by atoms with Gasteiger partial charge in [-0.15, -0.1) is 11.3 Å². The van der Waals surface area contributed by atoms with Gasteiger partial charge in [0.2, 0.25) is 0 Å². The third-order valence-electron chi connectivity index (χ3n) is 4.13. The summed E-state index contributed by atoms with van der Waals surface area (Å²) in [7, 11) is 0. The minimum Gasteiger partial charge on any atom is -0.484 e. The van der Waals surface area contributed by atoms with Crippen LogP contribution in [0, 0.1) is 0 Å². The van der Waals surface area contributed by atoms with Crippen molar-refractivity contribution in [2.75, 3.05) is 11.9 Å². The zero-order chi connectivity index (χ0) is 17.9. The molecule has 0 saturated heterocycles. The number of para-hydroxylation sites is 1. The van der Waals surface area contributed by atoms with Crippen molar-refractivity contribution < 1.29 is 14.3 Å². The summed E-state index contributed by atoms with van der Waals surface area (Å²) in [4.78, 5) is 17.0. The van der Waals surface area contributed by atoms with Gasteiger partial charge < -0.3 is 9.47 Å². The number of H-pyrrole nitrogens is 1. The van der Waals surface area contributed by atoms with Crippen molar-refractivity contribution in [1.82, 2.24) is 15.2 Å². The minimum atomic E-state index is -0.287. The summed E-state index contributed by atoms with van der Waals surface area (Å²) in [6.45, 7) is 2.97. The van der Waals surface area contributed by atoms with Crippen molar-refractivity contribution in [2.45, 2.75) is 26.1 Å². The number of nitrogens with one attached hydrogen (secondary N) is 2. The number of nitrogens with zero attached hydrogens (tertiary/aromatic N) is 2. The molecule has 7 nitrogen and oxygen atoms in total. The van der Waals surface area contributed by atoms with Gasteiger partial charge in [-0.25, -0.2) is 4.98 Å². The van der Waals surface area contributed by atoms with Gasteiger partial charge in [-0.1, -0.05) is 18.2 Å². The van der Waals surface area contributed by atoms with E-state index in [-0.39, 0.29) is 12.0 Å². The predicted octanol–water partition coefficient (Wildman–Crippen LogP) is 3.33. The van der Waals surface area contributed by atoms with Crippen LogP contribution in [0.3, 0.4) is 0 Å². The van der Waals surface area contributed by atoms with E-state index in [9.17, 15) is 4.79 Å². The first kappa shape index (κ1) is 16.7. The van der Waals surface area contributed by atoms with Gasteiger partial charge in [0.25, 0.3) is 5.91 Å². The van der Waals surface area contributed by atoms with Crippen molar-refractivity contribution in [1.29, 1.82) is 0 Å². The van der Waals surface area contributed by atoms with Crippen LogP contribution in [0.15, 0.2) is 35.7 Å². The average molecular weight is 370 g/mol. The van der Waals surface area contributed by atoms with Crippen LogP contribution in [0.1, 0.15) is 40.5 Å². The molecule has 26 heavy (non-hydrogen) atoms. The highest BCUT2D eigenvalue weighted by Gasteiger charge is 2.23. The number of hydrogen-bond donors (Lipinski definition) is 2. The number of fused-ring (bicyclic) bond motifs is 1. The molecule has 0 saturated carbocycles. The predicted molar refractivity (Wildman–Crippen MR) is 97.5 cm³/mol. The molecule has 2 N–H and O–H groups in total. The highest BCUT2D eigenvalue weighted by Crippen LogP contribution is 2.26. The lowest BCUT2D eigenvalue weighted by Gasteiger charge is -2.12. The SMILES string of the molecule is CC(Oc1ccccc1)c1csc(NC(=O)c2n[nH]c3c2COCC3)n1. The molecular weight excluding hydrogens is 352 g/mol. The van der Waals surface area contributed by atoms with Gasteiger partial charge in [-0.2, -0.15) is 5.10 Å². The average Bonchev–Trinajstić information content (AvgIpc) is 3.29. The van der Waals surface area contributed by atoms with E-state index < -0.39 is 0 Å². The Morgan fingerprint density at radius 2 is 2.23 bits per heavy atom. The van der Waals surface area contributed by atoms with Gasteiger partial charge in [-0.05, 0) is 19.1 Å². The molecule has 1 atom stereocenters. The van der Waals surface area contributed by atoms with E-state index in [2.05, 4.69) is 20.5 Å². The highest BCUT2D eigenvalue weighted by molar-refractivity contribution is 7.14. The molecule has 0 bridgehead atoms. The summed E-state index contributed by atoms with van der Waals surface area (Å²) in [5, 5.41) is 12.2. The van der Waals surface area contributed by atoms with E-state index in [4.69, 9.17) is 9.47 Å². The van der Waals surface area contributed by atoms with Crippen LogP contribution >= 0.6 is 11.3 Å². The second-order valence-corrected chi connectivity index (χ2v) is 6.79. The quantitative estimate of drug-likeness (QED) is 0.719. The van der Waals surface area contributed by atoms with Crippen molar-refractivity contribution in [3.05, 3.63) is 58.4 Å². The van der Waals surface area contributed by atoms with Gasteiger partial charge in [-0.3, -0.25) is 15.2 Å². The van der Waals surface area contributed by atoms with E-state index in [0.29, 0.717) is 24.0 Å². The molecule has 4 rings (SSSR count). The molecule has 1 amide bonds. The Balaban J connectivity index is 1.43. The van der Waals surface area contributed by atoms with Crippen molar-refractivity contribution >= 4 is 22.4 Å². The fraction of sp³-hybridized carbons (Fsp3) is 0.278. The molecule has 1 aliphatic heterocycles. The third kappa shape index (κ3) is 3.47. The van der Waals surface area contributed by atoms with E-state index in [1.54, 1.807) is 0 Å². The molecule has 0 aliphatic carbocycles. The molecule has 0 spiro atoms. The van der Waals surface area contributed by atoms with Crippen LogP contribution in [-0.4, -0.2) is 27.7 Å². The number of anilines is 1. The minimum absolute atomic E-state index is 0.217. The van der Waals surface area contributed by atoms with Gasteiger partial charge in [0.05, 0.1) is 18.9 Å². The molecule has 134 valence electrons. The van der Waals surface area contributed by atoms with Crippen molar-refractivity contribution in [3.63, 3.8) is 0 Å². The molecule has 0 fully saturated rings. The lowest BCUT2D eigenvalue weighted by Crippen LogP contribution is -2.17. The number of rotatable bonds is 5. The molecule has 1 aromatic carbocycles. The molecule has 8 heteroatoms. The zero-order valence-electron chi connectivity index (χ0n) is 14.2. The summed E-state index contributed by atoms with van der Waals surface area (Å²) >= 11 is 1.36. The number of thiazole rings is 1. The second kappa shape index (κ2) is 7.27. The first-order valence-corrected chi connectivity index (χ1v) is 9.21. The fourth-order valence-electron chi connectivity index (χ4n) is 2.75. The van der Waals surface area contributed by atoms with Crippen LogP contribution < -0.4 is 10.1 Å². The van der Waals surface area contributed by atoms with Crippen LogP contribution in [0.25, 0.3) is 0 Å². The van der Waals surface area contributed by atoms with Gasteiger partial charge in [0, 0.05) is 23.1 Å². The number of aromatic nitrogens is 3. The topological polar surface area (TPSA) is 89.1 Å². The summed E-state index contributed by atoms with van der Waals surface area (Å²) in [5.74, 6) is 0.493. The van der Waals surface area contributed by atoms with E-state index in [0.717, 1.165) is 29.1 Å². The number of amides is 1. The maximum Gasteiger partial charge on any atom is 0.278 e. The summed E-state index contributed by atoms with van der Waals surface area (Å²) in [5.41, 5.74) is 2.92. The van der Waals surface area contributed by atoms with Crippen molar-refractivity contribution in [2.24, 2.45) is 0 Å². The molecule has 1 unspecified atom stereocenters. The van der Waals surface area contributed by atoms with Crippen LogP contribution in [0.5, 0.6) is 5.75 Å². The van der Waals surface area contributed by atoms with Gasteiger partial charge in [0.15, 0.2) is 10.8 Å². The lowest BCUT2D eigenvalue weighted by atomic mass is 10.1. The smallest absolute Gasteiger partial charge is 0.278 e. The maximum absolute atomic E-state index is 12.5. The Kier molecular flexibility index (Phi) is 4.68. The summed E-state index contributed by atoms with van der Waals surface area (Å²) in [6.07, 6.45) is 0.525. The normalized spacial score (nSPS) is 14.5. The Labute approximate surface area is 154 Å². The van der Waals surface area contributed by atoms with Crippen LogP contribution in [-0.2, 0) is 17.8 Å². The standard InChI is InChI=1S/C18H18N4O3S/c1-11(25-12-5-3-2-4-6-12)15-10-26-18(19-15)20-17(23)16-13-9-24-8-7-14(13)21-22-16/h2-6,10-11H,7-9H2,1H3,(H,21,22)(H,19,20,23). The number of hydrogen-bond acceptors (Lipinski definition) is 6. The van der Waals surface area contributed by atoms with Gasteiger partial charge in [0.1, 0.15) is 11.9 Å². The van der Waals surface area contributed by atoms with Gasteiger partial charge >= 0.3 is 0 Å². The summed E-state index contributed by atoms with van der Waals surface area (Å²) in [6, 6.07) is 9.57. The molecule has 0 radical (unpaired) electrons. The monoisotopic (exact) mass is 370 g/mol. The maximum atomic E-state index is 12.5. The third-order valence-corrected chi connectivity index (χ3v) is 4.90. The molecule has 3 aromatic rings. The first-order chi connectivity index (χ1) is 12.7.